The molecule has 3 rings (SSSR count). The molecule has 1 aliphatic heterocycles. The van der Waals surface area contributed by atoms with Gasteiger partial charge in [-0.05, 0) is 12.1 Å². The van der Waals surface area contributed by atoms with Crippen LogP contribution in [-0.2, 0) is 14.9 Å². The fourth-order valence-electron chi connectivity index (χ4n) is 3.28. The molecule has 1 aliphatic rings. The van der Waals surface area contributed by atoms with Crippen molar-refractivity contribution in [1.82, 2.24) is 20.8 Å². The van der Waals surface area contributed by atoms with E-state index in [1.54, 1.807) is 0 Å². The zero-order chi connectivity index (χ0) is 24.2. The highest BCUT2D eigenvalue weighted by atomic mass is 32.2. The number of fused-ring (bicyclic) bond motifs is 1. The zero-order valence-electron chi connectivity index (χ0n) is 18.9. The van der Waals surface area contributed by atoms with E-state index >= 15 is 0 Å². The number of aliphatic hydroxyl groups excluding tert-OH is 1. The molecule has 12 nitrogen and oxygen atoms in total. The second-order valence-corrected chi connectivity index (χ2v) is 9.56. The fourth-order valence-corrected chi connectivity index (χ4v) is 3.98. The largest absolute Gasteiger partial charge is 0.495 e. The monoisotopic (exact) mass is 481 g/mol. The molecule has 0 amide bonds. The second kappa shape index (κ2) is 10.5. The third-order valence-electron chi connectivity index (χ3n) is 5.04. The van der Waals surface area contributed by atoms with Crippen molar-refractivity contribution >= 4 is 32.7 Å². The summed E-state index contributed by atoms with van der Waals surface area (Å²) in [7, 11) is -2.65. The number of anilines is 2. The van der Waals surface area contributed by atoms with Crippen molar-refractivity contribution in [2.24, 2.45) is 5.14 Å². The van der Waals surface area contributed by atoms with Crippen LogP contribution in [0.4, 0.5) is 11.8 Å². The molecular weight excluding hydrogens is 450 g/mol. The molecule has 0 saturated heterocycles. The van der Waals surface area contributed by atoms with Gasteiger partial charge in [-0.15, -0.1) is 0 Å². The summed E-state index contributed by atoms with van der Waals surface area (Å²) in [6, 6.07) is 3.10. The number of nitrogens with zero attached hydrogens (tertiary/aromatic N) is 3. The third-order valence-corrected chi connectivity index (χ3v) is 5.97. The van der Waals surface area contributed by atoms with Crippen LogP contribution in [-0.4, -0.2) is 69.0 Å². The highest BCUT2D eigenvalue weighted by molar-refractivity contribution is 7.89. The second-order valence-electron chi connectivity index (χ2n) is 8.03. The van der Waals surface area contributed by atoms with Crippen molar-refractivity contribution in [2.75, 3.05) is 44.0 Å². The van der Waals surface area contributed by atoms with Gasteiger partial charge in [0.1, 0.15) is 23.1 Å². The fraction of sp³-hybridized carbons (Fsp3) is 0.500. The Morgan fingerprint density at radius 1 is 1.30 bits per heavy atom. The Kier molecular flexibility index (Phi) is 7.92. The first-order valence-corrected chi connectivity index (χ1v) is 12.0. The van der Waals surface area contributed by atoms with E-state index in [0.717, 1.165) is 5.70 Å². The maximum Gasteiger partial charge on any atom is 0.241 e. The number of hydrogen-bond donors (Lipinski definition) is 5. The summed E-state index contributed by atoms with van der Waals surface area (Å²) in [6.45, 7) is 5.76. The van der Waals surface area contributed by atoms with Crippen molar-refractivity contribution in [3.8, 4) is 5.75 Å². The number of nitrogen functional groups attached to an aromatic ring is 1. The Labute approximate surface area is 193 Å². The summed E-state index contributed by atoms with van der Waals surface area (Å²) in [5, 5.41) is 18.7. The van der Waals surface area contributed by atoms with Crippen LogP contribution < -0.4 is 31.3 Å². The van der Waals surface area contributed by atoms with Gasteiger partial charge in [0.05, 0.1) is 18.7 Å². The first-order valence-electron chi connectivity index (χ1n) is 10.5. The quantitative estimate of drug-likeness (QED) is 0.285. The van der Waals surface area contributed by atoms with Crippen molar-refractivity contribution < 1.29 is 23.1 Å². The Balaban J connectivity index is 1.68. The molecule has 182 valence electrons. The van der Waals surface area contributed by atoms with Crippen LogP contribution >= 0.6 is 0 Å². The van der Waals surface area contributed by atoms with Gasteiger partial charge in [-0.3, -0.25) is 10.3 Å². The lowest BCUT2D eigenvalue weighted by Crippen LogP contribution is -2.37. The van der Waals surface area contributed by atoms with Crippen molar-refractivity contribution in [2.45, 2.75) is 37.3 Å². The number of nitrogens with one attached hydrogen (secondary N) is 2. The SMILES string of the molecule is COc1cc2nc(N3CC=C(NOCC(O)CNC(C)C)CC3)nc(N)c2cc1S(N)(=O)=O. The predicted octanol–water partition coefficient (Wildman–Crippen LogP) is -0.158. The van der Waals surface area contributed by atoms with Gasteiger partial charge >= 0.3 is 0 Å². The topological polar surface area (TPSA) is 178 Å². The highest BCUT2D eigenvalue weighted by Crippen LogP contribution is 2.31. The number of hydroxylamine groups is 1. The van der Waals surface area contributed by atoms with E-state index in [2.05, 4.69) is 20.8 Å². The van der Waals surface area contributed by atoms with Gasteiger partial charge in [-0.2, -0.15) is 4.98 Å². The zero-order valence-corrected chi connectivity index (χ0v) is 19.7. The molecule has 0 bridgehead atoms. The Bertz CT molecular complexity index is 1120. The lowest BCUT2D eigenvalue weighted by Gasteiger charge is -2.27. The van der Waals surface area contributed by atoms with Crippen molar-refractivity contribution in [3.63, 3.8) is 0 Å². The van der Waals surface area contributed by atoms with Crippen molar-refractivity contribution in [1.29, 1.82) is 0 Å². The predicted molar refractivity (Wildman–Crippen MR) is 125 cm³/mol. The summed E-state index contributed by atoms with van der Waals surface area (Å²) in [5.74, 6) is 0.640. The molecule has 13 heteroatoms. The van der Waals surface area contributed by atoms with Gasteiger partial charge < -0.3 is 25.8 Å². The van der Waals surface area contributed by atoms with Gasteiger partial charge in [-0.25, -0.2) is 18.5 Å². The van der Waals surface area contributed by atoms with Crippen LogP contribution in [0.5, 0.6) is 5.75 Å². The molecule has 1 aromatic carbocycles. The van der Waals surface area contributed by atoms with Gasteiger partial charge in [0.15, 0.2) is 0 Å². The summed E-state index contributed by atoms with van der Waals surface area (Å²) >= 11 is 0. The van der Waals surface area contributed by atoms with Gasteiger partial charge in [0, 0.05) is 49.2 Å². The van der Waals surface area contributed by atoms with Gasteiger partial charge in [-0.1, -0.05) is 13.8 Å². The number of aromatic nitrogens is 2. The molecule has 33 heavy (non-hydrogen) atoms. The highest BCUT2D eigenvalue weighted by Gasteiger charge is 2.21. The average Bonchev–Trinajstić information content (AvgIpc) is 2.76. The number of benzene rings is 1. The summed E-state index contributed by atoms with van der Waals surface area (Å²) in [5.41, 5.74) is 10.3. The Morgan fingerprint density at radius 3 is 2.67 bits per heavy atom. The molecule has 0 radical (unpaired) electrons. The Morgan fingerprint density at radius 2 is 2.06 bits per heavy atom. The number of ether oxygens (including phenoxy) is 1. The lowest BCUT2D eigenvalue weighted by molar-refractivity contribution is -0.00708. The normalized spacial score (nSPS) is 15.6. The number of aliphatic hydroxyl groups is 1. The van der Waals surface area contributed by atoms with Gasteiger partial charge in [0.25, 0.3) is 0 Å². The van der Waals surface area contributed by atoms with E-state index in [0.29, 0.717) is 48.9 Å². The van der Waals surface area contributed by atoms with Crippen LogP contribution in [0, 0.1) is 0 Å². The maximum absolute atomic E-state index is 11.9. The number of primary sulfonamides is 1. The van der Waals surface area contributed by atoms with Crippen LogP contribution in [0.3, 0.4) is 0 Å². The van der Waals surface area contributed by atoms with Crippen molar-refractivity contribution in [3.05, 3.63) is 23.9 Å². The molecule has 1 atom stereocenters. The van der Waals surface area contributed by atoms with E-state index in [1.165, 1.54) is 19.2 Å². The Hall–Kier alpha value is -2.71. The molecule has 1 unspecified atom stereocenters. The number of rotatable bonds is 10. The minimum Gasteiger partial charge on any atom is -0.495 e. The minimum atomic E-state index is -4.00. The summed E-state index contributed by atoms with van der Waals surface area (Å²) < 4.78 is 28.9. The smallest absolute Gasteiger partial charge is 0.241 e. The van der Waals surface area contributed by atoms with E-state index in [9.17, 15) is 13.5 Å². The lowest BCUT2D eigenvalue weighted by atomic mass is 10.2. The first kappa shape index (κ1) is 24.9. The standard InChI is InChI=1S/C20H31N7O5S/c1-12(2)23-10-14(28)11-32-26-13-4-6-27(7-5-13)20-24-16-9-17(31-3)18(33(22,29)30)8-15(16)19(21)25-20/h4,8-9,12,14,23,26,28H,5-7,10-11H2,1-3H3,(H2,21,24,25)(H2,22,29,30). The molecule has 0 aliphatic carbocycles. The average molecular weight is 482 g/mol. The van der Waals surface area contributed by atoms with Gasteiger partial charge in [0.2, 0.25) is 16.0 Å². The number of methoxy groups -OCH3 is 1. The molecule has 0 spiro atoms. The number of hydrogen-bond acceptors (Lipinski definition) is 11. The molecule has 0 saturated carbocycles. The van der Waals surface area contributed by atoms with Crippen LogP contribution in [0.1, 0.15) is 20.3 Å². The summed E-state index contributed by atoms with van der Waals surface area (Å²) in [4.78, 5) is 16.0. The third kappa shape index (κ3) is 6.42. The first-order chi connectivity index (χ1) is 15.6. The number of sulfonamides is 1. The minimum absolute atomic E-state index is 0.0852. The molecule has 7 N–H and O–H groups in total. The van der Waals surface area contributed by atoms with E-state index in [-0.39, 0.29) is 23.1 Å². The molecular formula is C20H31N7O5S. The number of nitrogens with two attached hydrogens (primary N) is 2. The van der Waals surface area contributed by atoms with E-state index in [4.69, 9.17) is 20.4 Å². The molecule has 0 fully saturated rings. The summed E-state index contributed by atoms with van der Waals surface area (Å²) in [6.07, 6.45) is 1.98. The maximum atomic E-state index is 11.9. The molecule has 2 heterocycles. The molecule has 2 aromatic rings. The van der Waals surface area contributed by atoms with Crippen LogP contribution in [0.15, 0.2) is 28.8 Å². The molecule has 1 aromatic heterocycles. The van der Waals surface area contributed by atoms with Crippen LogP contribution in [0.25, 0.3) is 10.9 Å². The van der Waals surface area contributed by atoms with Crippen LogP contribution in [0.2, 0.25) is 0 Å². The van der Waals surface area contributed by atoms with E-state index < -0.39 is 16.1 Å². The van der Waals surface area contributed by atoms with E-state index in [1.807, 2.05) is 24.8 Å².